The van der Waals surface area contributed by atoms with Crippen LogP contribution in [0.5, 0.6) is 0 Å². The summed E-state index contributed by atoms with van der Waals surface area (Å²) >= 11 is 0. The van der Waals surface area contributed by atoms with Crippen molar-refractivity contribution in [2.24, 2.45) is 0 Å². The summed E-state index contributed by atoms with van der Waals surface area (Å²) in [6.45, 7) is 8.82. The highest BCUT2D eigenvalue weighted by Gasteiger charge is 2.08. The second kappa shape index (κ2) is 7.19. The lowest BCUT2D eigenvalue weighted by Gasteiger charge is -2.10. The van der Waals surface area contributed by atoms with Crippen molar-refractivity contribution in [2.75, 3.05) is 25.1 Å². The standard InChI is InChI=1S/C10H20N4O2/c1-4-11-6-9-13-14-10(16-9)12-8(3)7-15-5-2/h8,11H,4-7H2,1-3H3,(H,12,14). The number of aromatic nitrogens is 2. The van der Waals surface area contributed by atoms with Crippen LogP contribution in [0.15, 0.2) is 4.42 Å². The van der Waals surface area contributed by atoms with E-state index in [0.29, 0.717) is 31.7 Å². The molecule has 0 spiro atoms. The number of nitrogens with one attached hydrogen (secondary N) is 2. The molecule has 0 bridgehead atoms. The van der Waals surface area contributed by atoms with Gasteiger partial charge in [-0.1, -0.05) is 12.0 Å². The number of hydrogen-bond acceptors (Lipinski definition) is 6. The molecule has 2 N–H and O–H groups in total. The number of hydrogen-bond donors (Lipinski definition) is 2. The van der Waals surface area contributed by atoms with E-state index < -0.39 is 0 Å². The third kappa shape index (κ3) is 4.59. The van der Waals surface area contributed by atoms with Gasteiger partial charge in [-0.2, -0.15) is 0 Å². The third-order valence-electron chi connectivity index (χ3n) is 1.93. The quantitative estimate of drug-likeness (QED) is 0.692. The maximum Gasteiger partial charge on any atom is 0.315 e. The zero-order chi connectivity index (χ0) is 11.8. The molecule has 0 amide bonds. The first-order valence-corrected chi connectivity index (χ1v) is 5.63. The van der Waals surface area contributed by atoms with E-state index in [1.165, 1.54) is 0 Å². The Morgan fingerprint density at radius 2 is 2.19 bits per heavy atom. The third-order valence-corrected chi connectivity index (χ3v) is 1.93. The second-order valence-corrected chi connectivity index (χ2v) is 3.49. The molecule has 0 aromatic carbocycles. The van der Waals surface area contributed by atoms with E-state index in [2.05, 4.69) is 20.8 Å². The van der Waals surface area contributed by atoms with Crippen LogP contribution in [0.4, 0.5) is 6.01 Å². The number of anilines is 1. The maximum absolute atomic E-state index is 5.38. The van der Waals surface area contributed by atoms with Crippen LogP contribution < -0.4 is 10.6 Å². The Kier molecular flexibility index (Phi) is 5.81. The molecule has 1 aromatic rings. The highest BCUT2D eigenvalue weighted by molar-refractivity contribution is 5.18. The molecule has 16 heavy (non-hydrogen) atoms. The van der Waals surface area contributed by atoms with E-state index in [4.69, 9.17) is 9.15 Å². The van der Waals surface area contributed by atoms with Crippen LogP contribution in [0.25, 0.3) is 0 Å². The minimum absolute atomic E-state index is 0.160. The molecule has 6 heteroatoms. The van der Waals surface area contributed by atoms with Crippen LogP contribution in [-0.2, 0) is 11.3 Å². The van der Waals surface area contributed by atoms with Crippen molar-refractivity contribution in [3.63, 3.8) is 0 Å². The molecule has 1 atom stereocenters. The molecule has 1 aromatic heterocycles. The zero-order valence-electron chi connectivity index (χ0n) is 10.1. The molecule has 0 fully saturated rings. The van der Waals surface area contributed by atoms with Crippen molar-refractivity contribution in [2.45, 2.75) is 33.4 Å². The van der Waals surface area contributed by atoms with Crippen LogP contribution in [0.1, 0.15) is 26.7 Å². The molecule has 0 radical (unpaired) electrons. The van der Waals surface area contributed by atoms with Crippen molar-refractivity contribution in [3.05, 3.63) is 5.89 Å². The molecule has 1 unspecified atom stereocenters. The Balaban J connectivity index is 2.33. The van der Waals surface area contributed by atoms with Gasteiger partial charge in [-0.05, 0) is 20.4 Å². The van der Waals surface area contributed by atoms with Crippen molar-refractivity contribution >= 4 is 6.01 Å². The maximum atomic E-state index is 5.38. The Hall–Kier alpha value is -1.14. The molecular weight excluding hydrogens is 208 g/mol. The molecule has 0 saturated carbocycles. The summed E-state index contributed by atoms with van der Waals surface area (Å²) in [5.41, 5.74) is 0. The lowest BCUT2D eigenvalue weighted by molar-refractivity contribution is 0.140. The van der Waals surface area contributed by atoms with Crippen molar-refractivity contribution < 1.29 is 9.15 Å². The summed E-state index contributed by atoms with van der Waals surface area (Å²) in [5, 5.41) is 14.0. The SMILES string of the molecule is CCNCc1nnc(NC(C)COCC)o1. The summed E-state index contributed by atoms with van der Waals surface area (Å²) in [5.74, 6) is 0.591. The van der Waals surface area contributed by atoms with Gasteiger partial charge in [0.25, 0.3) is 0 Å². The fourth-order valence-corrected chi connectivity index (χ4v) is 1.16. The minimum atomic E-state index is 0.160. The molecule has 0 aliphatic heterocycles. The molecule has 1 heterocycles. The second-order valence-electron chi connectivity index (χ2n) is 3.49. The van der Waals surface area contributed by atoms with E-state index in [9.17, 15) is 0 Å². The van der Waals surface area contributed by atoms with Gasteiger partial charge in [-0.15, -0.1) is 5.10 Å². The molecule has 92 valence electrons. The van der Waals surface area contributed by atoms with E-state index in [1.807, 2.05) is 20.8 Å². The predicted octanol–water partition coefficient (Wildman–Crippen LogP) is 1.02. The van der Waals surface area contributed by atoms with Crippen LogP contribution in [0, 0.1) is 0 Å². The Morgan fingerprint density at radius 1 is 1.38 bits per heavy atom. The van der Waals surface area contributed by atoms with E-state index in [0.717, 1.165) is 6.54 Å². The highest BCUT2D eigenvalue weighted by Crippen LogP contribution is 2.06. The Morgan fingerprint density at radius 3 is 2.88 bits per heavy atom. The minimum Gasteiger partial charge on any atom is -0.407 e. The number of ether oxygens (including phenoxy) is 1. The van der Waals surface area contributed by atoms with Gasteiger partial charge in [-0.25, -0.2) is 0 Å². The molecular formula is C10H20N4O2. The van der Waals surface area contributed by atoms with Gasteiger partial charge in [0.05, 0.1) is 19.2 Å². The largest absolute Gasteiger partial charge is 0.407 e. The first kappa shape index (κ1) is 12.9. The smallest absolute Gasteiger partial charge is 0.315 e. The Labute approximate surface area is 95.8 Å². The summed E-state index contributed by atoms with van der Waals surface area (Å²) in [7, 11) is 0. The van der Waals surface area contributed by atoms with Crippen LogP contribution >= 0.6 is 0 Å². The lowest BCUT2D eigenvalue weighted by Crippen LogP contribution is -2.21. The molecule has 0 saturated heterocycles. The highest BCUT2D eigenvalue weighted by atomic mass is 16.5. The first-order valence-electron chi connectivity index (χ1n) is 5.63. The van der Waals surface area contributed by atoms with Crippen molar-refractivity contribution in [3.8, 4) is 0 Å². The monoisotopic (exact) mass is 228 g/mol. The number of rotatable bonds is 8. The summed E-state index contributed by atoms with van der Waals surface area (Å²) in [6.07, 6.45) is 0. The van der Waals surface area contributed by atoms with Crippen LogP contribution in [0.3, 0.4) is 0 Å². The van der Waals surface area contributed by atoms with E-state index in [1.54, 1.807) is 0 Å². The first-order chi connectivity index (χ1) is 7.76. The van der Waals surface area contributed by atoms with Gasteiger partial charge in [0.1, 0.15) is 0 Å². The Bertz CT molecular complexity index is 290. The van der Waals surface area contributed by atoms with Crippen LogP contribution in [-0.4, -0.2) is 36.0 Å². The lowest BCUT2D eigenvalue weighted by atomic mass is 10.4. The fraction of sp³-hybridized carbons (Fsp3) is 0.800. The van der Waals surface area contributed by atoms with E-state index in [-0.39, 0.29) is 6.04 Å². The predicted molar refractivity (Wildman–Crippen MR) is 61.3 cm³/mol. The van der Waals surface area contributed by atoms with E-state index >= 15 is 0 Å². The van der Waals surface area contributed by atoms with Crippen molar-refractivity contribution in [1.82, 2.24) is 15.5 Å². The van der Waals surface area contributed by atoms with Gasteiger partial charge < -0.3 is 19.8 Å². The topological polar surface area (TPSA) is 72.2 Å². The van der Waals surface area contributed by atoms with Gasteiger partial charge in [0.2, 0.25) is 5.89 Å². The summed E-state index contributed by atoms with van der Waals surface area (Å²) in [6, 6.07) is 0.604. The number of nitrogens with zero attached hydrogens (tertiary/aromatic N) is 2. The normalized spacial score (nSPS) is 12.7. The van der Waals surface area contributed by atoms with Gasteiger partial charge >= 0.3 is 6.01 Å². The van der Waals surface area contributed by atoms with Crippen LogP contribution in [0.2, 0.25) is 0 Å². The molecule has 6 nitrogen and oxygen atoms in total. The summed E-state index contributed by atoms with van der Waals surface area (Å²) < 4.78 is 10.7. The average Bonchev–Trinajstić information content (AvgIpc) is 2.71. The average molecular weight is 228 g/mol. The zero-order valence-corrected chi connectivity index (χ0v) is 10.1. The fourth-order valence-electron chi connectivity index (χ4n) is 1.16. The summed E-state index contributed by atoms with van der Waals surface area (Å²) in [4.78, 5) is 0. The van der Waals surface area contributed by atoms with Gasteiger partial charge in [-0.3, -0.25) is 0 Å². The molecule has 0 aliphatic carbocycles. The van der Waals surface area contributed by atoms with Gasteiger partial charge in [0.15, 0.2) is 0 Å². The van der Waals surface area contributed by atoms with Gasteiger partial charge in [0, 0.05) is 6.61 Å². The molecule has 0 aliphatic rings. The molecule has 1 rings (SSSR count). The van der Waals surface area contributed by atoms with Crippen molar-refractivity contribution in [1.29, 1.82) is 0 Å².